The number of hydrogen-bond donors (Lipinski definition) is 2. The zero-order chi connectivity index (χ0) is 13.7. The number of hydrogen-bond acceptors (Lipinski definition) is 3. The molecule has 0 unspecified atom stereocenters. The molecule has 1 aromatic carbocycles. The average Bonchev–Trinajstić information content (AvgIpc) is 2.45. The first-order chi connectivity index (χ1) is 9.24. The van der Waals surface area contributed by atoms with Crippen LogP contribution in [0.2, 0.25) is 0 Å². The van der Waals surface area contributed by atoms with E-state index in [9.17, 15) is 4.39 Å². The maximum absolute atomic E-state index is 14.1. The smallest absolute Gasteiger partial charge is 0.146 e. The average molecular weight is 266 g/mol. The van der Waals surface area contributed by atoms with Gasteiger partial charge in [-0.15, -0.1) is 0 Å². The molecular weight excluding hydrogens is 243 g/mol. The highest BCUT2D eigenvalue weighted by Crippen LogP contribution is 2.26. The summed E-state index contributed by atoms with van der Waals surface area (Å²) >= 11 is 0. The molecule has 2 N–H and O–H groups in total. The predicted octanol–water partition coefficient (Wildman–Crippen LogP) is 2.14. The number of anilines is 1. The normalized spacial score (nSPS) is 16.9. The van der Waals surface area contributed by atoms with Crippen molar-refractivity contribution < 1.29 is 9.50 Å². The van der Waals surface area contributed by atoms with Crippen molar-refractivity contribution in [3.8, 4) is 0 Å². The molecule has 0 amide bonds. The maximum Gasteiger partial charge on any atom is 0.146 e. The third-order valence-corrected chi connectivity index (χ3v) is 3.80. The van der Waals surface area contributed by atoms with E-state index < -0.39 is 0 Å². The van der Waals surface area contributed by atoms with Gasteiger partial charge in [0, 0.05) is 26.2 Å². The van der Waals surface area contributed by atoms with Gasteiger partial charge in [0.2, 0.25) is 0 Å². The number of rotatable bonds is 5. The quantitative estimate of drug-likeness (QED) is 0.857. The summed E-state index contributed by atoms with van der Waals surface area (Å²) in [6.45, 7) is 5.54. The van der Waals surface area contributed by atoms with Crippen LogP contribution in [0.15, 0.2) is 18.2 Å². The molecule has 0 aliphatic carbocycles. The Hall–Kier alpha value is -1.13. The fourth-order valence-corrected chi connectivity index (χ4v) is 2.54. The summed E-state index contributed by atoms with van der Waals surface area (Å²) < 4.78 is 14.1. The molecule has 1 aliphatic rings. The number of piperidine rings is 1. The highest BCUT2D eigenvalue weighted by molar-refractivity contribution is 5.49. The molecule has 4 heteroatoms. The van der Waals surface area contributed by atoms with Crippen molar-refractivity contribution in [3.05, 3.63) is 29.6 Å². The van der Waals surface area contributed by atoms with Gasteiger partial charge in [0.05, 0.1) is 5.69 Å². The highest BCUT2D eigenvalue weighted by Gasteiger charge is 2.20. The number of aliphatic hydroxyl groups excluding tert-OH is 1. The van der Waals surface area contributed by atoms with Gasteiger partial charge in [0.1, 0.15) is 5.82 Å². The van der Waals surface area contributed by atoms with Gasteiger partial charge in [-0.3, -0.25) is 0 Å². The van der Waals surface area contributed by atoms with E-state index in [2.05, 4.69) is 10.2 Å². The third kappa shape index (κ3) is 3.67. The Balaban J connectivity index is 2.01. The third-order valence-electron chi connectivity index (χ3n) is 3.80. The first-order valence-corrected chi connectivity index (χ1v) is 7.09. The van der Waals surface area contributed by atoms with Gasteiger partial charge < -0.3 is 15.3 Å². The van der Waals surface area contributed by atoms with E-state index in [1.54, 1.807) is 6.07 Å². The van der Waals surface area contributed by atoms with E-state index in [-0.39, 0.29) is 12.4 Å². The van der Waals surface area contributed by atoms with E-state index in [1.807, 2.05) is 19.1 Å². The van der Waals surface area contributed by atoms with Crippen LogP contribution in [0.25, 0.3) is 0 Å². The van der Waals surface area contributed by atoms with Crippen molar-refractivity contribution >= 4 is 5.69 Å². The standard InChI is InChI=1S/C15H23FN2O/c1-2-17-10-13-3-4-15(14(16)9-13)18-7-5-12(11-19)6-8-18/h3-4,9,12,17,19H,2,5-8,10-11H2,1H3. The van der Waals surface area contributed by atoms with Crippen molar-refractivity contribution in [2.24, 2.45) is 5.92 Å². The van der Waals surface area contributed by atoms with Crippen molar-refractivity contribution in [1.29, 1.82) is 0 Å². The van der Waals surface area contributed by atoms with Crippen LogP contribution in [0.4, 0.5) is 10.1 Å². The van der Waals surface area contributed by atoms with Gasteiger partial charge in [-0.05, 0) is 43.0 Å². The Morgan fingerprint density at radius 1 is 1.37 bits per heavy atom. The van der Waals surface area contributed by atoms with Gasteiger partial charge in [-0.1, -0.05) is 13.0 Å². The lowest BCUT2D eigenvalue weighted by Crippen LogP contribution is -2.35. The van der Waals surface area contributed by atoms with Crippen LogP contribution >= 0.6 is 0 Å². The number of nitrogens with one attached hydrogen (secondary N) is 1. The molecule has 106 valence electrons. The number of nitrogens with zero attached hydrogens (tertiary/aromatic N) is 1. The lowest BCUT2D eigenvalue weighted by atomic mass is 9.97. The molecule has 1 saturated heterocycles. The summed E-state index contributed by atoms with van der Waals surface area (Å²) in [4.78, 5) is 2.08. The molecule has 1 aliphatic heterocycles. The van der Waals surface area contributed by atoms with Crippen LogP contribution in [-0.4, -0.2) is 31.3 Å². The minimum Gasteiger partial charge on any atom is -0.396 e. The second-order valence-electron chi connectivity index (χ2n) is 5.18. The van der Waals surface area contributed by atoms with E-state index in [4.69, 9.17) is 5.11 Å². The van der Waals surface area contributed by atoms with Gasteiger partial charge in [-0.25, -0.2) is 4.39 Å². The monoisotopic (exact) mass is 266 g/mol. The van der Waals surface area contributed by atoms with Gasteiger partial charge in [0.25, 0.3) is 0 Å². The number of halogens is 1. The van der Waals surface area contributed by atoms with E-state index in [0.29, 0.717) is 18.2 Å². The second-order valence-corrected chi connectivity index (χ2v) is 5.18. The summed E-state index contributed by atoms with van der Waals surface area (Å²) in [5, 5.41) is 12.3. The topological polar surface area (TPSA) is 35.5 Å². The van der Waals surface area contributed by atoms with Crippen LogP contribution in [0.3, 0.4) is 0 Å². The van der Waals surface area contributed by atoms with Crippen LogP contribution in [0.5, 0.6) is 0 Å². The van der Waals surface area contributed by atoms with E-state index in [0.717, 1.165) is 38.0 Å². The molecule has 0 saturated carbocycles. The predicted molar refractivity (Wildman–Crippen MR) is 75.8 cm³/mol. The largest absolute Gasteiger partial charge is 0.396 e. The molecule has 0 aromatic heterocycles. The van der Waals surface area contributed by atoms with Crippen LogP contribution in [0, 0.1) is 11.7 Å². The van der Waals surface area contributed by atoms with E-state index in [1.165, 1.54) is 0 Å². The summed E-state index contributed by atoms with van der Waals surface area (Å²) in [6.07, 6.45) is 1.88. The molecule has 1 fully saturated rings. The molecular formula is C15H23FN2O. The van der Waals surface area contributed by atoms with Gasteiger partial charge >= 0.3 is 0 Å². The van der Waals surface area contributed by atoms with Crippen molar-refractivity contribution in [3.63, 3.8) is 0 Å². The van der Waals surface area contributed by atoms with Crippen molar-refractivity contribution in [2.75, 3.05) is 31.1 Å². The molecule has 0 bridgehead atoms. The minimum atomic E-state index is -0.141. The van der Waals surface area contributed by atoms with Crippen LogP contribution in [0.1, 0.15) is 25.3 Å². The summed E-state index contributed by atoms with van der Waals surface area (Å²) in [5.74, 6) is 0.241. The molecule has 0 spiro atoms. The van der Waals surface area contributed by atoms with Gasteiger partial charge in [-0.2, -0.15) is 0 Å². The molecule has 0 radical (unpaired) electrons. The zero-order valence-corrected chi connectivity index (χ0v) is 11.5. The summed E-state index contributed by atoms with van der Waals surface area (Å²) in [6, 6.07) is 5.48. The molecule has 1 aromatic rings. The molecule has 19 heavy (non-hydrogen) atoms. The fourth-order valence-electron chi connectivity index (χ4n) is 2.54. The Bertz CT molecular complexity index is 403. The Labute approximate surface area is 114 Å². The van der Waals surface area contributed by atoms with Crippen LogP contribution < -0.4 is 10.2 Å². The van der Waals surface area contributed by atoms with Crippen molar-refractivity contribution in [2.45, 2.75) is 26.3 Å². The Morgan fingerprint density at radius 3 is 2.68 bits per heavy atom. The molecule has 3 nitrogen and oxygen atoms in total. The first kappa shape index (κ1) is 14.3. The van der Waals surface area contributed by atoms with Crippen molar-refractivity contribution in [1.82, 2.24) is 5.32 Å². The zero-order valence-electron chi connectivity index (χ0n) is 11.5. The molecule has 0 atom stereocenters. The van der Waals surface area contributed by atoms with Crippen LogP contribution in [-0.2, 0) is 6.54 Å². The lowest BCUT2D eigenvalue weighted by Gasteiger charge is -2.33. The maximum atomic E-state index is 14.1. The lowest BCUT2D eigenvalue weighted by molar-refractivity contribution is 0.203. The fraction of sp³-hybridized carbons (Fsp3) is 0.600. The number of aliphatic hydroxyl groups is 1. The summed E-state index contributed by atoms with van der Waals surface area (Å²) in [7, 11) is 0. The highest BCUT2D eigenvalue weighted by atomic mass is 19.1. The second kappa shape index (κ2) is 6.87. The molecule has 2 rings (SSSR count). The molecule has 1 heterocycles. The minimum absolute atomic E-state index is 0.141. The SMILES string of the molecule is CCNCc1ccc(N2CCC(CO)CC2)c(F)c1. The Morgan fingerprint density at radius 2 is 2.11 bits per heavy atom. The van der Waals surface area contributed by atoms with Gasteiger partial charge in [0.15, 0.2) is 0 Å². The Kier molecular flexibility index (Phi) is 5.16. The first-order valence-electron chi connectivity index (χ1n) is 7.09. The summed E-state index contributed by atoms with van der Waals surface area (Å²) in [5.41, 5.74) is 1.67. The number of benzene rings is 1. The van der Waals surface area contributed by atoms with E-state index >= 15 is 0 Å².